The minimum atomic E-state index is -0.0655. The number of carbonyl (C=O) groups is 1. The maximum absolute atomic E-state index is 11.6. The highest BCUT2D eigenvalue weighted by Gasteiger charge is 2.24. The highest BCUT2D eigenvalue weighted by Crippen LogP contribution is 2.36. The molecule has 0 spiro atoms. The molecule has 6 nitrogen and oxygen atoms in total. The summed E-state index contributed by atoms with van der Waals surface area (Å²) in [6.45, 7) is 0.237. The summed E-state index contributed by atoms with van der Waals surface area (Å²) in [6, 6.07) is 7.58. The van der Waals surface area contributed by atoms with E-state index in [2.05, 4.69) is 15.5 Å². The predicted molar refractivity (Wildman–Crippen MR) is 65.1 cm³/mol. The Morgan fingerprint density at radius 1 is 1.29 bits per heavy atom. The number of rotatable bonds is 1. The van der Waals surface area contributed by atoms with E-state index < -0.39 is 0 Å². The van der Waals surface area contributed by atoms with E-state index in [1.54, 1.807) is 6.20 Å². The molecule has 86 valence electrons. The van der Waals surface area contributed by atoms with Gasteiger partial charge in [0.1, 0.15) is 18.1 Å². The second-order valence-electron chi connectivity index (χ2n) is 3.82. The minimum absolute atomic E-state index is 0.0655. The van der Waals surface area contributed by atoms with Crippen LogP contribution in [0.4, 0.5) is 22.9 Å². The number of para-hydroxylation sites is 2. The number of nitrogens with zero attached hydrogens (tertiary/aromatic N) is 2. The monoisotopic (exact) mass is 229 g/mol. The van der Waals surface area contributed by atoms with Gasteiger partial charge < -0.3 is 16.0 Å². The van der Waals surface area contributed by atoms with Gasteiger partial charge in [-0.15, -0.1) is 0 Å². The van der Waals surface area contributed by atoms with Crippen molar-refractivity contribution < 1.29 is 4.79 Å². The molecule has 3 rings (SSSR count). The Morgan fingerprint density at radius 2 is 2.12 bits per heavy atom. The van der Waals surface area contributed by atoms with Crippen molar-refractivity contribution in [3.63, 3.8) is 0 Å². The molecule has 4 N–H and O–H groups in total. The molecular formula is C11H11N5O. The van der Waals surface area contributed by atoms with Crippen LogP contribution in [0.15, 0.2) is 30.5 Å². The molecule has 2 heterocycles. The lowest BCUT2D eigenvalue weighted by Gasteiger charge is -2.29. The molecule has 0 fully saturated rings. The van der Waals surface area contributed by atoms with E-state index in [0.717, 1.165) is 11.4 Å². The zero-order valence-electron chi connectivity index (χ0n) is 8.97. The van der Waals surface area contributed by atoms with Crippen molar-refractivity contribution in [1.82, 2.24) is 10.2 Å². The number of aromatic nitrogens is 2. The third-order valence-electron chi connectivity index (χ3n) is 2.71. The number of carbonyl (C=O) groups excluding carboxylic acids is 1. The van der Waals surface area contributed by atoms with Crippen LogP contribution in [-0.2, 0) is 4.79 Å². The second-order valence-corrected chi connectivity index (χ2v) is 3.82. The highest BCUT2D eigenvalue weighted by atomic mass is 16.2. The standard InChI is InChI=1S/C11H11N5O/c12-11-9(5-13-15-11)16-6-10(17)14-7-3-1-2-4-8(7)16/h1-5H,6H2,(H,14,17)(H3,12,13,15). The molecule has 0 radical (unpaired) electrons. The maximum Gasteiger partial charge on any atom is 0.244 e. The number of amides is 1. The van der Waals surface area contributed by atoms with Crippen LogP contribution in [0.25, 0.3) is 0 Å². The normalized spacial score (nSPS) is 14.4. The lowest BCUT2D eigenvalue weighted by atomic mass is 10.2. The molecule has 0 atom stereocenters. The third-order valence-corrected chi connectivity index (χ3v) is 2.71. The van der Waals surface area contributed by atoms with Crippen LogP contribution in [0, 0.1) is 0 Å². The number of hydrogen-bond acceptors (Lipinski definition) is 4. The SMILES string of the molecule is Nc1[nH]ncc1N1CC(=O)Nc2ccccc21. The molecule has 1 aromatic heterocycles. The number of aromatic amines is 1. The fourth-order valence-corrected chi connectivity index (χ4v) is 1.95. The molecule has 1 amide bonds. The molecule has 0 unspecified atom stereocenters. The van der Waals surface area contributed by atoms with Gasteiger partial charge in [-0.1, -0.05) is 12.1 Å². The largest absolute Gasteiger partial charge is 0.382 e. The van der Waals surface area contributed by atoms with Gasteiger partial charge in [0.15, 0.2) is 0 Å². The molecule has 6 heteroatoms. The zero-order chi connectivity index (χ0) is 11.8. The first-order valence-electron chi connectivity index (χ1n) is 5.21. The van der Waals surface area contributed by atoms with Crippen LogP contribution >= 0.6 is 0 Å². The van der Waals surface area contributed by atoms with E-state index in [-0.39, 0.29) is 12.5 Å². The van der Waals surface area contributed by atoms with Crippen molar-refractivity contribution in [3.8, 4) is 0 Å². The van der Waals surface area contributed by atoms with Crippen LogP contribution in [0.5, 0.6) is 0 Å². The maximum atomic E-state index is 11.6. The van der Waals surface area contributed by atoms with Gasteiger partial charge in [-0.2, -0.15) is 5.10 Å². The average Bonchev–Trinajstić information content (AvgIpc) is 2.74. The Bertz CT molecular complexity index is 577. The van der Waals surface area contributed by atoms with Gasteiger partial charge in [-0.25, -0.2) is 0 Å². The first kappa shape index (κ1) is 9.71. The van der Waals surface area contributed by atoms with Gasteiger partial charge in [0.05, 0.1) is 17.6 Å². The van der Waals surface area contributed by atoms with Crippen LogP contribution in [0.1, 0.15) is 0 Å². The summed E-state index contributed by atoms with van der Waals surface area (Å²) in [5.41, 5.74) is 8.20. The van der Waals surface area contributed by atoms with Crippen LogP contribution in [0.3, 0.4) is 0 Å². The highest BCUT2D eigenvalue weighted by molar-refractivity contribution is 6.03. The molecule has 0 saturated heterocycles. The van der Waals surface area contributed by atoms with E-state index in [4.69, 9.17) is 5.73 Å². The topological polar surface area (TPSA) is 87.0 Å². The Labute approximate surface area is 97.4 Å². The van der Waals surface area contributed by atoms with Crippen LogP contribution in [-0.4, -0.2) is 22.6 Å². The molecule has 1 aliphatic rings. The minimum Gasteiger partial charge on any atom is -0.382 e. The molecule has 17 heavy (non-hydrogen) atoms. The number of hydrogen-bond donors (Lipinski definition) is 3. The van der Waals surface area contributed by atoms with Crippen molar-refractivity contribution in [2.24, 2.45) is 0 Å². The molecule has 0 saturated carbocycles. The molecule has 2 aromatic rings. The summed E-state index contributed by atoms with van der Waals surface area (Å²) in [7, 11) is 0. The molecule has 0 bridgehead atoms. The average molecular weight is 229 g/mol. The Hall–Kier alpha value is -2.50. The van der Waals surface area contributed by atoms with E-state index >= 15 is 0 Å². The summed E-state index contributed by atoms with van der Waals surface area (Å²) in [4.78, 5) is 13.5. The quantitative estimate of drug-likeness (QED) is 0.683. The number of nitrogens with two attached hydrogens (primary N) is 1. The first-order valence-corrected chi connectivity index (χ1v) is 5.21. The summed E-state index contributed by atoms with van der Waals surface area (Å²) in [5, 5.41) is 9.36. The molecular weight excluding hydrogens is 218 g/mol. The number of fused-ring (bicyclic) bond motifs is 1. The number of H-pyrrole nitrogens is 1. The fourth-order valence-electron chi connectivity index (χ4n) is 1.95. The number of nitrogens with one attached hydrogen (secondary N) is 2. The van der Waals surface area contributed by atoms with E-state index in [0.29, 0.717) is 11.5 Å². The van der Waals surface area contributed by atoms with Gasteiger partial charge in [-0.05, 0) is 12.1 Å². The fraction of sp³-hybridized carbons (Fsp3) is 0.0909. The van der Waals surface area contributed by atoms with Gasteiger partial charge in [0.25, 0.3) is 0 Å². The van der Waals surface area contributed by atoms with Gasteiger partial charge in [0, 0.05) is 0 Å². The summed E-state index contributed by atoms with van der Waals surface area (Å²) in [6.07, 6.45) is 1.62. The van der Waals surface area contributed by atoms with Crippen molar-refractivity contribution in [2.75, 3.05) is 22.5 Å². The van der Waals surface area contributed by atoms with Crippen molar-refractivity contribution in [2.45, 2.75) is 0 Å². The Morgan fingerprint density at radius 3 is 2.88 bits per heavy atom. The van der Waals surface area contributed by atoms with Crippen molar-refractivity contribution in [3.05, 3.63) is 30.5 Å². The Kier molecular flexibility index (Phi) is 2.01. The number of anilines is 4. The number of nitrogen functional groups attached to an aromatic ring is 1. The van der Waals surface area contributed by atoms with Crippen molar-refractivity contribution in [1.29, 1.82) is 0 Å². The third kappa shape index (κ3) is 1.50. The molecule has 1 aromatic carbocycles. The summed E-state index contributed by atoms with van der Waals surface area (Å²) >= 11 is 0. The van der Waals surface area contributed by atoms with Gasteiger partial charge in [0.2, 0.25) is 5.91 Å². The van der Waals surface area contributed by atoms with Crippen LogP contribution in [0.2, 0.25) is 0 Å². The lowest BCUT2D eigenvalue weighted by molar-refractivity contribution is -0.115. The predicted octanol–water partition coefficient (Wildman–Crippen LogP) is 1.08. The first-order chi connectivity index (χ1) is 8.25. The van der Waals surface area contributed by atoms with Crippen molar-refractivity contribution >= 4 is 28.8 Å². The van der Waals surface area contributed by atoms with E-state index in [1.165, 1.54) is 0 Å². The summed E-state index contributed by atoms with van der Waals surface area (Å²) < 4.78 is 0. The smallest absolute Gasteiger partial charge is 0.244 e. The Balaban J connectivity index is 2.13. The van der Waals surface area contributed by atoms with E-state index in [9.17, 15) is 4.79 Å². The summed E-state index contributed by atoms with van der Waals surface area (Å²) in [5.74, 6) is 0.388. The second kappa shape index (κ2) is 3.51. The van der Waals surface area contributed by atoms with Gasteiger partial charge >= 0.3 is 0 Å². The van der Waals surface area contributed by atoms with E-state index in [1.807, 2.05) is 29.2 Å². The van der Waals surface area contributed by atoms with Gasteiger partial charge in [-0.3, -0.25) is 9.89 Å². The molecule has 1 aliphatic heterocycles. The molecule has 0 aliphatic carbocycles. The lowest BCUT2D eigenvalue weighted by Crippen LogP contribution is -2.35. The zero-order valence-corrected chi connectivity index (χ0v) is 8.97. The van der Waals surface area contributed by atoms with Crippen LogP contribution < -0.4 is 16.0 Å². The number of benzene rings is 1.